The molecule has 1 unspecified atom stereocenters. The van der Waals surface area contributed by atoms with Gasteiger partial charge in [0.1, 0.15) is 0 Å². The molecule has 0 saturated heterocycles. The Kier molecular flexibility index (Phi) is 2.51. The van der Waals surface area contributed by atoms with Crippen LogP contribution in [-0.4, -0.2) is 4.98 Å². The third-order valence-electron chi connectivity index (χ3n) is 1.22. The molecular formula is C7H6FN2P. The first-order valence-electron chi connectivity index (χ1n) is 3.02. The lowest BCUT2D eigenvalue weighted by atomic mass is 10.2. The standard InChI is InChI=1S/C7H6FN2P/c8-7-5(3-4-9)1-2-6(11)10-7/h1-2H,3,11H2. The van der Waals surface area contributed by atoms with Gasteiger partial charge < -0.3 is 0 Å². The number of halogens is 1. The minimum atomic E-state index is -0.556. The van der Waals surface area contributed by atoms with Crippen LogP contribution in [0.4, 0.5) is 4.39 Å². The molecule has 0 aliphatic carbocycles. The van der Waals surface area contributed by atoms with E-state index in [4.69, 9.17) is 5.26 Å². The Bertz CT molecular complexity index is 306. The van der Waals surface area contributed by atoms with Crippen LogP contribution in [0.1, 0.15) is 5.56 Å². The monoisotopic (exact) mass is 168 g/mol. The molecule has 4 heteroatoms. The molecule has 0 amide bonds. The summed E-state index contributed by atoms with van der Waals surface area (Å²) in [7, 11) is 2.29. The summed E-state index contributed by atoms with van der Waals surface area (Å²) < 4.78 is 12.8. The average molecular weight is 168 g/mol. The lowest BCUT2D eigenvalue weighted by molar-refractivity contribution is 0.575. The maximum Gasteiger partial charge on any atom is 0.217 e. The fraction of sp³-hybridized carbons (Fsp3) is 0.143. The number of hydrogen-bond acceptors (Lipinski definition) is 2. The first-order chi connectivity index (χ1) is 5.24. The highest BCUT2D eigenvalue weighted by molar-refractivity contribution is 7.26. The fourth-order valence-electron chi connectivity index (χ4n) is 0.694. The van der Waals surface area contributed by atoms with E-state index in [1.807, 2.05) is 6.07 Å². The van der Waals surface area contributed by atoms with Crippen molar-refractivity contribution in [3.63, 3.8) is 0 Å². The average Bonchev–Trinajstić information content (AvgIpc) is 1.95. The predicted octanol–water partition coefficient (Wildman–Crippen LogP) is 0.787. The van der Waals surface area contributed by atoms with Gasteiger partial charge in [0.05, 0.1) is 17.9 Å². The maximum atomic E-state index is 12.8. The molecular weight excluding hydrogens is 162 g/mol. The summed E-state index contributed by atoms with van der Waals surface area (Å²) in [6, 6.07) is 5.07. The number of pyridine rings is 1. The topological polar surface area (TPSA) is 36.7 Å². The van der Waals surface area contributed by atoms with Gasteiger partial charge in [0.25, 0.3) is 0 Å². The fourth-order valence-corrected chi connectivity index (χ4v) is 0.904. The lowest BCUT2D eigenvalue weighted by Gasteiger charge is -1.96. The van der Waals surface area contributed by atoms with Crippen LogP contribution in [0.25, 0.3) is 0 Å². The SMILES string of the molecule is N#CCc1ccc(P)nc1F. The van der Waals surface area contributed by atoms with Crippen molar-refractivity contribution >= 4 is 14.7 Å². The van der Waals surface area contributed by atoms with Crippen LogP contribution in [-0.2, 0) is 6.42 Å². The van der Waals surface area contributed by atoms with Gasteiger partial charge in [-0.25, -0.2) is 4.98 Å². The number of rotatable bonds is 1. The second kappa shape index (κ2) is 3.41. The van der Waals surface area contributed by atoms with Crippen LogP contribution in [0.5, 0.6) is 0 Å². The highest BCUT2D eigenvalue weighted by atomic mass is 31.0. The van der Waals surface area contributed by atoms with Gasteiger partial charge in [-0.2, -0.15) is 9.65 Å². The molecule has 0 aliphatic heterocycles. The zero-order chi connectivity index (χ0) is 8.27. The first kappa shape index (κ1) is 8.10. The van der Waals surface area contributed by atoms with Crippen LogP contribution in [0.3, 0.4) is 0 Å². The molecule has 1 rings (SSSR count). The van der Waals surface area contributed by atoms with Crippen LogP contribution in [0.15, 0.2) is 12.1 Å². The molecule has 0 N–H and O–H groups in total. The van der Waals surface area contributed by atoms with E-state index in [0.29, 0.717) is 11.0 Å². The molecule has 1 aromatic rings. The Labute approximate surface area is 66.3 Å². The number of hydrogen-bond donors (Lipinski definition) is 0. The van der Waals surface area contributed by atoms with Crippen molar-refractivity contribution in [3.05, 3.63) is 23.6 Å². The van der Waals surface area contributed by atoms with E-state index < -0.39 is 5.95 Å². The normalized spacial score (nSPS) is 9.18. The molecule has 0 aromatic carbocycles. The number of nitriles is 1. The van der Waals surface area contributed by atoms with Crippen LogP contribution >= 0.6 is 9.24 Å². The van der Waals surface area contributed by atoms with Gasteiger partial charge in [0.2, 0.25) is 5.95 Å². The van der Waals surface area contributed by atoms with Gasteiger partial charge in [0.15, 0.2) is 0 Å². The van der Waals surface area contributed by atoms with Crippen molar-refractivity contribution in [2.24, 2.45) is 0 Å². The molecule has 11 heavy (non-hydrogen) atoms. The van der Waals surface area contributed by atoms with Gasteiger partial charge in [-0.15, -0.1) is 0 Å². The minimum absolute atomic E-state index is 0.0732. The van der Waals surface area contributed by atoms with Gasteiger partial charge in [-0.3, -0.25) is 0 Å². The van der Waals surface area contributed by atoms with E-state index >= 15 is 0 Å². The van der Waals surface area contributed by atoms with E-state index in [2.05, 4.69) is 14.2 Å². The molecule has 0 aliphatic rings. The van der Waals surface area contributed by atoms with Crippen molar-refractivity contribution in [3.8, 4) is 6.07 Å². The van der Waals surface area contributed by atoms with Gasteiger partial charge in [0, 0.05) is 5.56 Å². The summed E-state index contributed by atoms with van der Waals surface area (Å²) in [5.41, 5.74) is 0.892. The van der Waals surface area contributed by atoms with Crippen LogP contribution < -0.4 is 5.44 Å². The third-order valence-corrected chi connectivity index (χ3v) is 1.54. The van der Waals surface area contributed by atoms with Gasteiger partial charge >= 0.3 is 0 Å². The van der Waals surface area contributed by atoms with Crippen molar-refractivity contribution in [2.75, 3.05) is 0 Å². The molecule has 0 radical (unpaired) electrons. The van der Waals surface area contributed by atoms with E-state index in [1.54, 1.807) is 12.1 Å². The molecule has 0 saturated carbocycles. The zero-order valence-electron chi connectivity index (χ0n) is 5.71. The minimum Gasteiger partial charge on any atom is -0.220 e. The molecule has 56 valence electrons. The Hall–Kier alpha value is -1.00. The number of nitrogens with zero attached hydrogens (tertiary/aromatic N) is 2. The molecule has 2 nitrogen and oxygen atoms in total. The summed E-state index contributed by atoms with van der Waals surface area (Å²) in [4.78, 5) is 3.54. The van der Waals surface area contributed by atoms with Crippen molar-refractivity contribution in [1.82, 2.24) is 4.98 Å². The Balaban J connectivity index is 3.01. The number of aromatic nitrogens is 1. The Morgan fingerprint density at radius 2 is 2.36 bits per heavy atom. The van der Waals surface area contributed by atoms with Crippen LogP contribution in [0.2, 0.25) is 0 Å². The second-order valence-corrected chi connectivity index (χ2v) is 2.61. The molecule has 0 bridgehead atoms. The largest absolute Gasteiger partial charge is 0.220 e. The quantitative estimate of drug-likeness (QED) is 0.459. The maximum absolute atomic E-state index is 12.8. The zero-order valence-corrected chi connectivity index (χ0v) is 6.87. The molecule has 1 heterocycles. The summed E-state index contributed by atoms with van der Waals surface area (Å²) in [5, 5.41) is 8.26. The summed E-state index contributed by atoms with van der Waals surface area (Å²) in [6.07, 6.45) is 0.0732. The Morgan fingerprint density at radius 3 is 2.91 bits per heavy atom. The molecule has 1 aromatic heterocycles. The highest BCUT2D eigenvalue weighted by Gasteiger charge is 2.01. The van der Waals surface area contributed by atoms with E-state index in [9.17, 15) is 4.39 Å². The van der Waals surface area contributed by atoms with Gasteiger partial charge in [-0.1, -0.05) is 15.3 Å². The smallest absolute Gasteiger partial charge is 0.217 e. The Morgan fingerprint density at radius 1 is 1.64 bits per heavy atom. The molecule has 1 atom stereocenters. The third kappa shape index (κ3) is 1.96. The van der Waals surface area contributed by atoms with Gasteiger partial charge in [-0.05, 0) is 6.07 Å². The predicted molar refractivity (Wildman–Crippen MR) is 42.9 cm³/mol. The van der Waals surface area contributed by atoms with Crippen molar-refractivity contribution < 1.29 is 4.39 Å². The summed E-state index contributed by atoms with van der Waals surface area (Å²) in [5.74, 6) is -0.556. The first-order valence-corrected chi connectivity index (χ1v) is 3.59. The van der Waals surface area contributed by atoms with E-state index in [-0.39, 0.29) is 6.42 Å². The van der Waals surface area contributed by atoms with Crippen LogP contribution in [0, 0.1) is 17.3 Å². The molecule has 0 spiro atoms. The van der Waals surface area contributed by atoms with E-state index in [0.717, 1.165) is 0 Å². The lowest BCUT2D eigenvalue weighted by Crippen LogP contribution is -2.03. The highest BCUT2D eigenvalue weighted by Crippen LogP contribution is 2.02. The van der Waals surface area contributed by atoms with Crippen molar-refractivity contribution in [2.45, 2.75) is 6.42 Å². The molecule has 0 fully saturated rings. The van der Waals surface area contributed by atoms with Crippen molar-refractivity contribution in [1.29, 1.82) is 5.26 Å². The summed E-state index contributed by atoms with van der Waals surface area (Å²) in [6.45, 7) is 0. The second-order valence-electron chi connectivity index (χ2n) is 2.02. The summed E-state index contributed by atoms with van der Waals surface area (Å²) >= 11 is 0. The van der Waals surface area contributed by atoms with E-state index in [1.165, 1.54) is 0 Å².